The van der Waals surface area contributed by atoms with Gasteiger partial charge in [-0.1, -0.05) is 97.8 Å². The Morgan fingerprint density at radius 1 is 0.968 bits per heavy atom. The number of nitrogens with one attached hydrogen (secondary N) is 1. The van der Waals surface area contributed by atoms with Crippen LogP contribution in [0.3, 0.4) is 0 Å². The lowest BCUT2D eigenvalue weighted by molar-refractivity contribution is 0.220. The van der Waals surface area contributed by atoms with Gasteiger partial charge in [0.25, 0.3) is 0 Å². The maximum Gasteiger partial charge on any atom is 0.193 e. The maximum atomic E-state index is 6.59. The molecule has 0 aliphatic carbocycles. The summed E-state index contributed by atoms with van der Waals surface area (Å²) in [6, 6.07) is 0. The van der Waals surface area contributed by atoms with Gasteiger partial charge in [0.1, 0.15) is 6.10 Å². The molecule has 0 spiro atoms. The Morgan fingerprint density at radius 3 is 2.13 bits per heavy atom. The molecule has 0 amide bonds. The minimum Gasteiger partial charge on any atom is -0.403 e. The van der Waals surface area contributed by atoms with Crippen molar-refractivity contribution in [3.8, 4) is 11.8 Å². The van der Waals surface area contributed by atoms with Crippen LogP contribution in [0.1, 0.15) is 118 Å². The van der Waals surface area contributed by atoms with Crippen LogP contribution in [-0.2, 0) is 4.43 Å². The third kappa shape index (κ3) is 14.0. The van der Waals surface area contributed by atoms with Crippen LogP contribution in [0.25, 0.3) is 0 Å². The molecule has 4 heteroatoms. The zero-order valence-electron chi connectivity index (χ0n) is 21.8. The molecule has 1 aliphatic heterocycles. The van der Waals surface area contributed by atoms with E-state index in [1.165, 1.54) is 89.5 Å². The van der Waals surface area contributed by atoms with Gasteiger partial charge in [-0.3, -0.25) is 0 Å². The highest BCUT2D eigenvalue weighted by Gasteiger charge is 2.38. The molecule has 2 nitrogen and oxygen atoms in total. The average molecular weight is 468 g/mol. The predicted molar refractivity (Wildman–Crippen MR) is 144 cm³/mol. The van der Waals surface area contributed by atoms with Crippen molar-refractivity contribution < 1.29 is 4.43 Å². The topological polar surface area (TPSA) is 21.3 Å². The third-order valence-electron chi connectivity index (χ3n) is 6.95. The first-order valence-corrected chi connectivity index (χ1v) is 17.2. The fourth-order valence-electron chi connectivity index (χ4n) is 3.73. The summed E-state index contributed by atoms with van der Waals surface area (Å²) in [4.78, 5) is 0. The Labute approximate surface area is 201 Å². The average Bonchev–Trinajstić information content (AvgIpc) is 3.21. The van der Waals surface area contributed by atoms with E-state index < -0.39 is 8.32 Å². The molecule has 1 aliphatic rings. The molecular weight excluding hydrogens is 414 g/mol. The molecule has 31 heavy (non-hydrogen) atoms. The Morgan fingerprint density at radius 2 is 1.58 bits per heavy atom. The molecule has 1 unspecified atom stereocenters. The lowest BCUT2D eigenvalue weighted by atomic mass is 10.0. The minimum atomic E-state index is -1.73. The van der Waals surface area contributed by atoms with E-state index in [9.17, 15) is 0 Å². The SMILES string of the molecule is CCCCC(C#CCCCCCCCCCCC[C@@H]1CNCS1)O[Si](C)(C)C(C)(C)C. The molecular formula is C27H53NOSSi. The molecule has 1 heterocycles. The molecule has 2 atom stereocenters. The summed E-state index contributed by atoms with van der Waals surface area (Å²) in [7, 11) is -1.73. The van der Waals surface area contributed by atoms with Gasteiger partial charge in [0.15, 0.2) is 8.32 Å². The van der Waals surface area contributed by atoms with Crippen LogP contribution in [0.4, 0.5) is 0 Å². The highest BCUT2D eigenvalue weighted by Crippen LogP contribution is 2.37. The summed E-state index contributed by atoms with van der Waals surface area (Å²) in [5.41, 5.74) is 0. The lowest BCUT2D eigenvalue weighted by Gasteiger charge is -2.38. The first-order valence-electron chi connectivity index (χ1n) is 13.2. The summed E-state index contributed by atoms with van der Waals surface area (Å²) in [6.45, 7) is 15.1. The van der Waals surface area contributed by atoms with E-state index in [2.05, 4.69) is 69.7 Å². The van der Waals surface area contributed by atoms with E-state index in [1.807, 2.05) is 0 Å². The molecule has 0 aromatic heterocycles. The Hall–Kier alpha value is 0.0469. The van der Waals surface area contributed by atoms with Crippen LogP contribution in [0.15, 0.2) is 0 Å². The monoisotopic (exact) mass is 467 g/mol. The van der Waals surface area contributed by atoms with Crippen LogP contribution in [0.2, 0.25) is 18.1 Å². The van der Waals surface area contributed by atoms with Gasteiger partial charge in [-0.25, -0.2) is 0 Å². The fourth-order valence-corrected chi connectivity index (χ4v) is 6.01. The zero-order chi connectivity index (χ0) is 23.0. The molecule has 1 fully saturated rings. The summed E-state index contributed by atoms with van der Waals surface area (Å²) in [6.07, 6.45) is 18.6. The van der Waals surface area contributed by atoms with Gasteiger partial charge in [0.2, 0.25) is 0 Å². The van der Waals surface area contributed by atoms with Gasteiger partial charge in [-0.2, -0.15) is 0 Å². The van der Waals surface area contributed by atoms with Gasteiger partial charge in [0.05, 0.1) is 0 Å². The van der Waals surface area contributed by atoms with Crippen LogP contribution in [-0.4, -0.2) is 32.1 Å². The molecule has 1 saturated heterocycles. The van der Waals surface area contributed by atoms with Gasteiger partial charge in [-0.05, 0) is 37.4 Å². The van der Waals surface area contributed by atoms with Crippen LogP contribution in [0, 0.1) is 11.8 Å². The van der Waals surface area contributed by atoms with Crippen molar-refractivity contribution in [2.75, 3.05) is 12.4 Å². The number of unbranched alkanes of at least 4 members (excludes halogenated alkanes) is 10. The second-order valence-electron chi connectivity index (χ2n) is 10.9. The van der Waals surface area contributed by atoms with Gasteiger partial charge < -0.3 is 9.74 Å². The molecule has 0 aromatic rings. The molecule has 0 saturated carbocycles. The van der Waals surface area contributed by atoms with Gasteiger partial charge in [0, 0.05) is 24.1 Å². The Kier molecular flexibility index (Phi) is 15.6. The maximum absolute atomic E-state index is 6.59. The molecule has 0 bridgehead atoms. The first kappa shape index (κ1) is 29.1. The summed E-state index contributed by atoms with van der Waals surface area (Å²) in [5.74, 6) is 8.12. The highest BCUT2D eigenvalue weighted by molar-refractivity contribution is 8.00. The fraction of sp³-hybridized carbons (Fsp3) is 0.926. The first-order chi connectivity index (χ1) is 14.8. The van der Waals surface area contributed by atoms with Gasteiger partial charge >= 0.3 is 0 Å². The zero-order valence-corrected chi connectivity index (χ0v) is 23.6. The lowest BCUT2D eigenvalue weighted by Crippen LogP contribution is -2.43. The van der Waals surface area contributed by atoms with Crippen molar-refractivity contribution >= 4 is 20.1 Å². The van der Waals surface area contributed by atoms with Crippen LogP contribution >= 0.6 is 11.8 Å². The van der Waals surface area contributed by atoms with E-state index >= 15 is 0 Å². The van der Waals surface area contributed by atoms with Crippen molar-refractivity contribution in [1.29, 1.82) is 0 Å². The number of rotatable bonds is 16. The molecule has 1 rings (SSSR count). The molecule has 0 radical (unpaired) electrons. The Bertz CT molecular complexity index is 500. The van der Waals surface area contributed by atoms with Crippen molar-refractivity contribution in [1.82, 2.24) is 5.32 Å². The normalized spacial score (nSPS) is 18.1. The standard InChI is InChI=1S/C27H53NOSSi/c1-7-8-20-25(29-31(5,6)27(2,3)4)21-18-16-14-12-10-9-11-13-15-17-19-22-26-23-28-24-30-26/h25-26,28H,7-17,19-20,22-24H2,1-6H3/t25?,26-/m1/s1. The van der Waals surface area contributed by atoms with Crippen LogP contribution in [0.5, 0.6) is 0 Å². The summed E-state index contributed by atoms with van der Waals surface area (Å²) >= 11 is 2.11. The summed E-state index contributed by atoms with van der Waals surface area (Å²) in [5, 5.41) is 4.59. The smallest absolute Gasteiger partial charge is 0.193 e. The van der Waals surface area contributed by atoms with Crippen LogP contribution < -0.4 is 5.32 Å². The van der Waals surface area contributed by atoms with E-state index in [0.717, 1.165) is 18.1 Å². The van der Waals surface area contributed by atoms with Crippen molar-refractivity contribution in [3.63, 3.8) is 0 Å². The van der Waals surface area contributed by atoms with E-state index in [1.54, 1.807) is 0 Å². The van der Waals surface area contributed by atoms with E-state index in [0.29, 0.717) is 0 Å². The molecule has 0 aromatic carbocycles. The van der Waals surface area contributed by atoms with E-state index in [4.69, 9.17) is 4.43 Å². The second kappa shape index (κ2) is 16.6. The van der Waals surface area contributed by atoms with E-state index in [-0.39, 0.29) is 11.1 Å². The second-order valence-corrected chi connectivity index (χ2v) is 17.0. The number of hydrogen-bond donors (Lipinski definition) is 1. The quantitative estimate of drug-likeness (QED) is 0.140. The Balaban J connectivity index is 2.06. The van der Waals surface area contributed by atoms with Gasteiger partial charge in [-0.15, -0.1) is 17.7 Å². The molecule has 182 valence electrons. The highest BCUT2D eigenvalue weighted by atomic mass is 32.2. The van der Waals surface area contributed by atoms with Crippen molar-refractivity contribution in [2.45, 2.75) is 147 Å². The molecule has 1 N–H and O–H groups in total. The minimum absolute atomic E-state index is 0.143. The number of hydrogen-bond acceptors (Lipinski definition) is 3. The van der Waals surface area contributed by atoms with Crippen molar-refractivity contribution in [3.05, 3.63) is 0 Å². The number of thioether (sulfide) groups is 1. The summed E-state index contributed by atoms with van der Waals surface area (Å²) < 4.78 is 6.59. The predicted octanol–water partition coefficient (Wildman–Crippen LogP) is 8.52. The van der Waals surface area contributed by atoms with Crippen molar-refractivity contribution in [2.24, 2.45) is 0 Å². The third-order valence-corrected chi connectivity index (χ3v) is 12.7. The largest absolute Gasteiger partial charge is 0.403 e.